The normalized spacial score (nSPS) is 28.1. The number of carbonyl (C=O) groups excluding carboxylic acids is 4. The van der Waals surface area contributed by atoms with E-state index in [0.29, 0.717) is 22.6 Å². The molecule has 2 heterocycles. The van der Waals surface area contributed by atoms with E-state index in [9.17, 15) is 34.3 Å². The summed E-state index contributed by atoms with van der Waals surface area (Å²) in [6.45, 7) is 1.73. The van der Waals surface area contributed by atoms with E-state index in [-0.39, 0.29) is 35.5 Å². The molecule has 4 amide bonds. The van der Waals surface area contributed by atoms with Crippen molar-refractivity contribution >= 4 is 47.6 Å². The van der Waals surface area contributed by atoms with E-state index in [0.717, 1.165) is 4.90 Å². The average molecular weight is 636 g/mol. The second kappa shape index (κ2) is 11.1. The molecule has 0 spiro atoms. The number of amides is 4. The Hall–Kier alpha value is -4.94. The van der Waals surface area contributed by atoms with Crippen molar-refractivity contribution < 1.29 is 43.8 Å². The van der Waals surface area contributed by atoms with Gasteiger partial charge in [0.15, 0.2) is 0 Å². The average Bonchev–Trinajstić information content (AvgIpc) is 3.44. The van der Waals surface area contributed by atoms with Crippen LogP contribution in [0.4, 0.5) is 11.4 Å². The number of hydrogen-bond donors (Lipinski definition) is 3. The molecule has 11 nitrogen and oxygen atoms in total. The maximum Gasteiger partial charge on any atom is 0.488 e. The Morgan fingerprint density at radius 2 is 1.55 bits per heavy atom. The topological polar surface area (TPSA) is 154 Å². The van der Waals surface area contributed by atoms with Crippen LogP contribution in [0.3, 0.4) is 0 Å². The molecule has 0 aromatic heterocycles. The van der Waals surface area contributed by atoms with Gasteiger partial charge >= 0.3 is 7.12 Å². The summed E-state index contributed by atoms with van der Waals surface area (Å²) in [4.78, 5) is 59.4. The molecule has 47 heavy (non-hydrogen) atoms. The number of allylic oxidation sites excluding steroid dienone is 2. The molecule has 2 aliphatic heterocycles. The zero-order valence-corrected chi connectivity index (χ0v) is 26.0. The first-order chi connectivity index (χ1) is 22.5. The van der Waals surface area contributed by atoms with Crippen LogP contribution in [0.15, 0.2) is 78.4 Å². The van der Waals surface area contributed by atoms with E-state index in [2.05, 4.69) is 0 Å². The van der Waals surface area contributed by atoms with Gasteiger partial charge in [-0.3, -0.25) is 24.1 Å². The van der Waals surface area contributed by atoms with Crippen molar-refractivity contribution in [2.24, 2.45) is 29.1 Å². The predicted octanol–water partition coefficient (Wildman–Crippen LogP) is 2.52. The lowest BCUT2D eigenvalue weighted by molar-refractivity contribution is -0.131. The molecule has 240 valence electrons. The van der Waals surface area contributed by atoms with Gasteiger partial charge in [-0.15, -0.1) is 0 Å². The highest BCUT2D eigenvalue weighted by Crippen LogP contribution is 2.65. The minimum absolute atomic E-state index is 0.128. The molecule has 3 N–H and O–H groups in total. The number of anilines is 2. The Labute approximate surface area is 271 Å². The lowest BCUT2D eigenvalue weighted by Gasteiger charge is -2.49. The highest BCUT2D eigenvalue weighted by Gasteiger charge is 2.68. The summed E-state index contributed by atoms with van der Waals surface area (Å²) in [5, 5.41) is 31.0. The Balaban J connectivity index is 1.39. The monoisotopic (exact) mass is 636 g/mol. The van der Waals surface area contributed by atoms with Crippen LogP contribution < -0.4 is 24.7 Å². The molecule has 7 rings (SSSR count). The molecule has 3 fully saturated rings. The number of ether oxygens (including phenoxy) is 2. The van der Waals surface area contributed by atoms with Gasteiger partial charge in [-0.05, 0) is 55.4 Å². The number of methoxy groups -OCH3 is 2. The van der Waals surface area contributed by atoms with Crippen LogP contribution in [0.2, 0.25) is 0 Å². The van der Waals surface area contributed by atoms with E-state index in [4.69, 9.17) is 9.47 Å². The van der Waals surface area contributed by atoms with Crippen LogP contribution in [-0.4, -0.2) is 60.1 Å². The Morgan fingerprint density at radius 3 is 2.23 bits per heavy atom. The van der Waals surface area contributed by atoms with E-state index >= 15 is 0 Å². The van der Waals surface area contributed by atoms with Crippen molar-refractivity contribution in [2.45, 2.75) is 25.7 Å². The van der Waals surface area contributed by atoms with E-state index in [1.54, 1.807) is 49.4 Å². The third-order valence-electron chi connectivity index (χ3n) is 10.6. The minimum atomic E-state index is -1.79. The number of phenols is 1. The summed E-state index contributed by atoms with van der Waals surface area (Å²) >= 11 is 0. The first-order valence-electron chi connectivity index (χ1n) is 15.4. The number of rotatable bonds is 6. The molecule has 4 aliphatic rings. The third-order valence-corrected chi connectivity index (χ3v) is 10.6. The number of imide groups is 2. The lowest BCUT2D eigenvalue weighted by atomic mass is 9.51. The number of phenolic OH excluding ortho intramolecular Hbond substituents is 1. The van der Waals surface area contributed by atoms with Gasteiger partial charge in [0.2, 0.25) is 23.6 Å². The van der Waals surface area contributed by atoms with Gasteiger partial charge in [0, 0.05) is 23.6 Å². The zero-order valence-electron chi connectivity index (χ0n) is 26.0. The van der Waals surface area contributed by atoms with Crippen molar-refractivity contribution in [3.8, 4) is 17.2 Å². The minimum Gasteiger partial charge on any atom is -0.507 e. The van der Waals surface area contributed by atoms with Gasteiger partial charge in [-0.25, -0.2) is 4.90 Å². The fraction of sp³-hybridized carbons (Fsp3) is 0.314. The summed E-state index contributed by atoms with van der Waals surface area (Å²) in [6.07, 6.45) is 2.21. The molecule has 1 saturated carbocycles. The number of carbonyl (C=O) groups is 4. The Bertz CT molecular complexity index is 1860. The molecule has 0 bridgehead atoms. The van der Waals surface area contributed by atoms with Crippen LogP contribution in [0.1, 0.15) is 31.2 Å². The van der Waals surface area contributed by atoms with Crippen molar-refractivity contribution in [3.05, 3.63) is 83.9 Å². The van der Waals surface area contributed by atoms with E-state index < -0.39 is 65.8 Å². The van der Waals surface area contributed by atoms with Crippen LogP contribution in [0.25, 0.3) is 0 Å². The summed E-state index contributed by atoms with van der Waals surface area (Å²) in [6, 6.07) is 17.7. The van der Waals surface area contributed by atoms with Crippen LogP contribution in [0, 0.1) is 29.1 Å². The summed E-state index contributed by atoms with van der Waals surface area (Å²) in [5.41, 5.74) is 0.367. The summed E-state index contributed by atoms with van der Waals surface area (Å²) in [7, 11) is 1.10. The molecule has 2 saturated heterocycles. The smallest absolute Gasteiger partial charge is 0.488 e. The van der Waals surface area contributed by atoms with Crippen LogP contribution in [0.5, 0.6) is 17.2 Å². The number of para-hydroxylation sites is 1. The molecule has 0 radical (unpaired) electrons. The highest BCUT2D eigenvalue weighted by atomic mass is 16.5. The second-order valence-corrected chi connectivity index (χ2v) is 12.7. The summed E-state index contributed by atoms with van der Waals surface area (Å²) in [5.74, 6) is -5.32. The SMILES string of the molecule is COc1cc(O)c(C2C3=CCC4C(=O)N(c5cccc(B(O)O)c5)C(=O)C4C3CC3C(=O)N(c4ccccc4)C(=O)C32C)c(OC)c1. The van der Waals surface area contributed by atoms with Crippen molar-refractivity contribution in [2.75, 3.05) is 24.0 Å². The molecular formula is C35H33BN2O9. The molecule has 6 atom stereocenters. The predicted molar refractivity (Wildman–Crippen MR) is 171 cm³/mol. The first-order valence-corrected chi connectivity index (χ1v) is 15.4. The van der Waals surface area contributed by atoms with Gasteiger partial charge in [0.1, 0.15) is 17.2 Å². The van der Waals surface area contributed by atoms with Gasteiger partial charge in [-0.1, -0.05) is 42.0 Å². The lowest BCUT2D eigenvalue weighted by Crippen LogP contribution is -2.49. The Morgan fingerprint density at radius 1 is 0.830 bits per heavy atom. The zero-order chi connectivity index (χ0) is 33.4. The standard InChI is InChI=1S/C35H33BN2O9/c1-35-25(32(41)38(34(35)43)19-9-5-4-6-10-19)17-24-22(30(35)29-26(39)15-21(46-2)16-27(29)47-3)12-13-23-28(24)33(42)37(31(23)40)20-11-7-8-18(14-20)36(44)45/h4-12,14-16,23-25,28,30,39,44-45H,13,17H2,1-3H3. The number of nitrogens with zero attached hydrogens (tertiary/aromatic N) is 2. The number of aromatic hydroxyl groups is 1. The largest absolute Gasteiger partial charge is 0.507 e. The number of hydrogen-bond acceptors (Lipinski definition) is 9. The van der Waals surface area contributed by atoms with Gasteiger partial charge in [0.05, 0.1) is 48.8 Å². The quantitative estimate of drug-likeness (QED) is 0.211. The van der Waals surface area contributed by atoms with E-state index in [1.807, 2.05) is 6.08 Å². The van der Waals surface area contributed by atoms with Crippen LogP contribution >= 0.6 is 0 Å². The van der Waals surface area contributed by atoms with Crippen molar-refractivity contribution in [1.29, 1.82) is 0 Å². The number of fused-ring (bicyclic) bond motifs is 4. The molecule has 12 heteroatoms. The van der Waals surface area contributed by atoms with Crippen molar-refractivity contribution in [1.82, 2.24) is 0 Å². The van der Waals surface area contributed by atoms with Gasteiger partial charge in [0.25, 0.3) is 0 Å². The molecular weight excluding hydrogens is 603 g/mol. The summed E-state index contributed by atoms with van der Waals surface area (Å²) < 4.78 is 11.1. The second-order valence-electron chi connectivity index (χ2n) is 12.7. The van der Waals surface area contributed by atoms with E-state index in [1.165, 1.54) is 43.4 Å². The maximum absolute atomic E-state index is 14.6. The molecule has 6 unspecified atom stereocenters. The van der Waals surface area contributed by atoms with Crippen molar-refractivity contribution in [3.63, 3.8) is 0 Å². The van der Waals surface area contributed by atoms with Gasteiger partial charge < -0.3 is 24.6 Å². The Kier molecular flexibility index (Phi) is 7.25. The van der Waals surface area contributed by atoms with Crippen LogP contribution in [-0.2, 0) is 19.2 Å². The fourth-order valence-electron chi connectivity index (χ4n) is 8.39. The molecule has 2 aliphatic carbocycles. The first kappa shape index (κ1) is 30.7. The molecule has 3 aromatic carbocycles. The fourth-order valence-corrected chi connectivity index (χ4v) is 8.39. The molecule has 3 aromatic rings. The highest BCUT2D eigenvalue weighted by molar-refractivity contribution is 6.58. The van der Waals surface area contributed by atoms with Gasteiger partial charge in [-0.2, -0.15) is 0 Å². The maximum atomic E-state index is 14.6. The third kappa shape index (κ3) is 4.35. The number of benzene rings is 3.